The van der Waals surface area contributed by atoms with Crippen LogP contribution in [0.25, 0.3) is 0 Å². The van der Waals surface area contributed by atoms with Crippen molar-refractivity contribution < 1.29 is 18.3 Å². The van der Waals surface area contributed by atoms with Gasteiger partial charge >= 0.3 is 0 Å². The van der Waals surface area contributed by atoms with Crippen LogP contribution in [0.3, 0.4) is 0 Å². The van der Waals surface area contributed by atoms with Gasteiger partial charge in [0.1, 0.15) is 17.7 Å². The highest BCUT2D eigenvalue weighted by molar-refractivity contribution is 5.86. The van der Waals surface area contributed by atoms with E-state index in [4.69, 9.17) is 4.74 Å². The molecule has 1 aromatic rings. The van der Waals surface area contributed by atoms with E-state index < -0.39 is 17.7 Å². The topological polar surface area (TPSA) is 26.3 Å². The molecule has 4 heteroatoms. The maximum atomic E-state index is 13.4. The van der Waals surface area contributed by atoms with Gasteiger partial charge in [0.2, 0.25) is 0 Å². The van der Waals surface area contributed by atoms with E-state index in [0.29, 0.717) is 0 Å². The summed E-state index contributed by atoms with van der Waals surface area (Å²) >= 11 is 0. The highest BCUT2D eigenvalue weighted by atomic mass is 19.1. The van der Waals surface area contributed by atoms with Gasteiger partial charge in [0.05, 0.1) is 0 Å². The first kappa shape index (κ1) is 14.8. The van der Waals surface area contributed by atoms with Crippen LogP contribution >= 0.6 is 0 Å². The van der Waals surface area contributed by atoms with Crippen LogP contribution in [0.1, 0.15) is 26.3 Å². The van der Waals surface area contributed by atoms with Gasteiger partial charge in [-0.1, -0.05) is 26.8 Å². The Morgan fingerprint density at radius 3 is 2.39 bits per heavy atom. The fraction of sp³-hybridized carbons (Fsp3) is 0.500. The van der Waals surface area contributed by atoms with Crippen LogP contribution in [0.4, 0.5) is 8.78 Å². The van der Waals surface area contributed by atoms with Crippen molar-refractivity contribution in [2.24, 2.45) is 5.41 Å². The van der Waals surface area contributed by atoms with Crippen molar-refractivity contribution >= 4 is 5.78 Å². The second-order valence-corrected chi connectivity index (χ2v) is 5.36. The average molecular weight is 256 g/mol. The van der Waals surface area contributed by atoms with Crippen LogP contribution in [0.5, 0.6) is 0 Å². The number of ketones is 1. The highest BCUT2D eigenvalue weighted by Gasteiger charge is 2.31. The molecule has 0 aliphatic rings. The average Bonchev–Trinajstić information content (AvgIpc) is 2.21. The second-order valence-electron chi connectivity index (χ2n) is 5.36. The monoisotopic (exact) mass is 256 g/mol. The van der Waals surface area contributed by atoms with Crippen LogP contribution in [0.2, 0.25) is 0 Å². The molecule has 18 heavy (non-hydrogen) atoms. The van der Waals surface area contributed by atoms with Crippen molar-refractivity contribution in [3.63, 3.8) is 0 Å². The zero-order valence-electron chi connectivity index (χ0n) is 11.1. The molecular formula is C14H18F2O2. The molecule has 1 aromatic carbocycles. The molecule has 0 heterocycles. The summed E-state index contributed by atoms with van der Waals surface area (Å²) in [7, 11) is 1.45. The fourth-order valence-corrected chi connectivity index (χ4v) is 1.91. The molecule has 0 amide bonds. The van der Waals surface area contributed by atoms with E-state index in [-0.39, 0.29) is 23.2 Å². The summed E-state index contributed by atoms with van der Waals surface area (Å²) in [5.74, 6) is -1.56. The van der Waals surface area contributed by atoms with E-state index in [1.54, 1.807) is 0 Å². The number of Topliss-reactive ketones (excluding diaryl/α,β-unsaturated/α-hetero) is 1. The SMILES string of the molecule is COC(C(=O)Cc1ccc(F)cc1F)C(C)(C)C. The van der Waals surface area contributed by atoms with E-state index in [0.717, 1.165) is 12.1 Å². The number of hydrogen-bond donors (Lipinski definition) is 0. The molecule has 1 rings (SSSR count). The van der Waals surface area contributed by atoms with E-state index in [2.05, 4.69) is 0 Å². The molecule has 0 spiro atoms. The molecule has 0 bridgehead atoms. The molecule has 1 unspecified atom stereocenters. The van der Waals surface area contributed by atoms with E-state index in [1.165, 1.54) is 13.2 Å². The summed E-state index contributed by atoms with van der Waals surface area (Å²) in [4.78, 5) is 12.0. The molecule has 0 aromatic heterocycles. The zero-order chi connectivity index (χ0) is 13.9. The molecule has 2 nitrogen and oxygen atoms in total. The molecule has 0 saturated heterocycles. The minimum absolute atomic E-state index is 0.0953. The maximum Gasteiger partial charge on any atom is 0.166 e. The standard InChI is InChI=1S/C14H18F2O2/c1-14(2,3)13(18-4)12(17)7-9-5-6-10(15)8-11(9)16/h5-6,8,13H,7H2,1-4H3. The van der Waals surface area contributed by atoms with Gasteiger partial charge in [0, 0.05) is 19.6 Å². The Balaban J connectivity index is 2.87. The van der Waals surface area contributed by atoms with Crippen molar-refractivity contribution in [1.29, 1.82) is 0 Å². The Kier molecular flexibility index (Phi) is 4.57. The first-order chi connectivity index (χ1) is 8.25. The third kappa shape index (κ3) is 3.60. The predicted octanol–water partition coefficient (Wildman–Crippen LogP) is 3.14. The number of halogens is 2. The summed E-state index contributed by atoms with van der Waals surface area (Å²) in [6.45, 7) is 5.63. The molecule has 0 fully saturated rings. The predicted molar refractivity (Wildman–Crippen MR) is 65.3 cm³/mol. The minimum Gasteiger partial charge on any atom is -0.373 e. The smallest absolute Gasteiger partial charge is 0.166 e. The van der Waals surface area contributed by atoms with Crippen molar-refractivity contribution in [1.82, 2.24) is 0 Å². The molecular weight excluding hydrogens is 238 g/mol. The van der Waals surface area contributed by atoms with Gasteiger partial charge in [-0.2, -0.15) is 0 Å². The lowest BCUT2D eigenvalue weighted by atomic mass is 9.84. The number of ether oxygens (including phenoxy) is 1. The minimum atomic E-state index is -0.702. The molecule has 0 radical (unpaired) electrons. The van der Waals surface area contributed by atoms with Gasteiger partial charge in [-0.25, -0.2) is 8.78 Å². The normalized spacial score (nSPS) is 13.4. The van der Waals surface area contributed by atoms with Crippen LogP contribution in [0.15, 0.2) is 18.2 Å². The number of methoxy groups -OCH3 is 1. The molecule has 1 atom stereocenters. The molecule has 0 saturated carbocycles. The maximum absolute atomic E-state index is 13.4. The van der Waals surface area contributed by atoms with Crippen molar-refractivity contribution in [3.8, 4) is 0 Å². The van der Waals surface area contributed by atoms with Crippen LogP contribution in [0, 0.1) is 17.0 Å². The van der Waals surface area contributed by atoms with Gasteiger partial charge in [0.15, 0.2) is 5.78 Å². The van der Waals surface area contributed by atoms with E-state index >= 15 is 0 Å². The highest BCUT2D eigenvalue weighted by Crippen LogP contribution is 2.24. The van der Waals surface area contributed by atoms with Crippen molar-refractivity contribution in [3.05, 3.63) is 35.4 Å². The van der Waals surface area contributed by atoms with Crippen LogP contribution < -0.4 is 0 Å². The van der Waals surface area contributed by atoms with Crippen molar-refractivity contribution in [2.75, 3.05) is 7.11 Å². The number of benzene rings is 1. The Labute approximate surface area is 106 Å². The first-order valence-corrected chi connectivity index (χ1v) is 5.75. The van der Waals surface area contributed by atoms with E-state index in [9.17, 15) is 13.6 Å². The summed E-state index contributed by atoms with van der Waals surface area (Å²) in [6.07, 6.45) is -0.705. The summed E-state index contributed by atoms with van der Waals surface area (Å²) in [5.41, 5.74) is -0.171. The number of hydrogen-bond acceptors (Lipinski definition) is 2. The summed E-state index contributed by atoms with van der Waals surface area (Å²) < 4.78 is 31.4. The Bertz CT molecular complexity index is 436. The largest absolute Gasteiger partial charge is 0.373 e. The van der Waals surface area contributed by atoms with Gasteiger partial charge in [-0.3, -0.25) is 4.79 Å². The number of carbonyl (C=O) groups is 1. The third-order valence-corrected chi connectivity index (χ3v) is 2.69. The van der Waals surface area contributed by atoms with Gasteiger partial charge in [0.25, 0.3) is 0 Å². The quantitative estimate of drug-likeness (QED) is 0.827. The van der Waals surface area contributed by atoms with Gasteiger partial charge in [-0.05, 0) is 17.0 Å². The van der Waals surface area contributed by atoms with Gasteiger partial charge in [-0.15, -0.1) is 0 Å². The zero-order valence-corrected chi connectivity index (χ0v) is 11.1. The lowest BCUT2D eigenvalue weighted by Gasteiger charge is -2.28. The van der Waals surface area contributed by atoms with Gasteiger partial charge < -0.3 is 4.74 Å². The Morgan fingerprint density at radius 1 is 1.33 bits per heavy atom. The molecule has 0 aliphatic carbocycles. The van der Waals surface area contributed by atoms with Crippen molar-refractivity contribution in [2.45, 2.75) is 33.3 Å². The summed E-state index contributed by atoms with van der Waals surface area (Å²) in [5, 5.41) is 0. The first-order valence-electron chi connectivity index (χ1n) is 5.75. The Morgan fingerprint density at radius 2 is 1.94 bits per heavy atom. The lowest BCUT2D eigenvalue weighted by molar-refractivity contribution is -0.134. The van der Waals surface area contributed by atoms with Crippen LogP contribution in [-0.4, -0.2) is 19.0 Å². The number of carbonyl (C=O) groups excluding carboxylic acids is 1. The fourth-order valence-electron chi connectivity index (χ4n) is 1.91. The summed E-state index contributed by atoms with van der Waals surface area (Å²) in [6, 6.07) is 3.21. The lowest BCUT2D eigenvalue weighted by Crippen LogP contribution is -2.37. The number of rotatable bonds is 4. The van der Waals surface area contributed by atoms with E-state index in [1.807, 2.05) is 20.8 Å². The Hall–Kier alpha value is -1.29. The third-order valence-electron chi connectivity index (χ3n) is 2.69. The molecule has 0 N–H and O–H groups in total. The molecule has 100 valence electrons. The molecule has 0 aliphatic heterocycles. The second kappa shape index (κ2) is 5.57. The van der Waals surface area contributed by atoms with Crippen LogP contribution in [-0.2, 0) is 16.0 Å².